The van der Waals surface area contributed by atoms with Crippen molar-refractivity contribution >= 4 is 42.4 Å². The van der Waals surface area contributed by atoms with Gasteiger partial charge in [-0.3, -0.25) is 4.79 Å². The molecular weight excluding hydrogens is 308 g/mol. The van der Waals surface area contributed by atoms with Crippen LogP contribution in [0.5, 0.6) is 0 Å². The molecule has 1 aliphatic heterocycles. The lowest BCUT2D eigenvalue weighted by Crippen LogP contribution is -2.17. The van der Waals surface area contributed by atoms with Gasteiger partial charge in [-0.2, -0.15) is 0 Å². The van der Waals surface area contributed by atoms with Gasteiger partial charge in [0, 0.05) is 6.42 Å². The number of sulfone groups is 1. The predicted octanol–water partition coefficient (Wildman–Crippen LogP) is 2.37. The van der Waals surface area contributed by atoms with Crippen molar-refractivity contribution in [1.29, 1.82) is 0 Å². The van der Waals surface area contributed by atoms with Crippen molar-refractivity contribution in [3.8, 4) is 0 Å². The van der Waals surface area contributed by atoms with Crippen molar-refractivity contribution in [2.45, 2.75) is 19.8 Å². The Kier molecular flexibility index (Phi) is 3.71. The Bertz CT molecular complexity index is 796. The number of aromatic nitrogens is 1. The standard InChI is InChI=1S/C14H16N2O3S2/c1-9-3-2-4-11-13(9)16-14(20-11)15-12(17)7-10-5-6-21(18,19)8-10/h2-4,10H,5-8H2,1H3,(H,15,16,17). The van der Waals surface area contributed by atoms with Crippen molar-refractivity contribution in [1.82, 2.24) is 4.98 Å². The van der Waals surface area contributed by atoms with Crippen molar-refractivity contribution in [3.63, 3.8) is 0 Å². The van der Waals surface area contributed by atoms with Crippen molar-refractivity contribution < 1.29 is 13.2 Å². The summed E-state index contributed by atoms with van der Waals surface area (Å²) in [6.07, 6.45) is 0.822. The molecule has 2 aromatic rings. The largest absolute Gasteiger partial charge is 0.302 e. The molecule has 2 heterocycles. The maximum absolute atomic E-state index is 12.0. The zero-order valence-corrected chi connectivity index (χ0v) is 13.3. The molecule has 1 aromatic heterocycles. The second-order valence-electron chi connectivity index (χ2n) is 5.46. The number of para-hydroxylation sites is 1. The lowest BCUT2D eigenvalue weighted by Gasteiger charge is -2.06. The first kappa shape index (κ1) is 14.5. The van der Waals surface area contributed by atoms with E-state index in [1.54, 1.807) is 0 Å². The van der Waals surface area contributed by atoms with Crippen molar-refractivity contribution in [2.75, 3.05) is 16.8 Å². The van der Waals surface area contributed by atoms with E-state index in [-0.39, 0.29) is 29.8 Å². The molecule has 1 unspecified atom stereocenters. The third-order valence-corrected chi connectivity index (χ3v) is 6.44. The molecule has 0 spiro atoms. The average Bonchev–Trinajstić information content (AvgIpc) is 2.93. The lowest BCUT2D eigenvalue weighted by atomic mass is 10.1. The quantitative estimate of drug-likeness (QED) is 0.940. The molecule has 1 saturated heterocycles. The van der Waals surface area contributed by atoms with Gasteiger partial charge in [0.05, 0.1) is 21.7 Å². The van der Waals surface area contributed by atoms with Crippen LogP contribution in [0.2, 0.25) is 0 Å². The minimum Gasteiger partial charge on any atom is -0.302 e. The number of hydrogen-bond acceptors (Lipinski definition) is 5. The van der Waals surface area contributed by atoms with Crippen LogP contribution in [0.15, 0.2) is 18.2 Å². The van der Waals surface area contributed by atoms with Gasteiger partial charge < -0.3 is 5.32 Å². The number of carbonyl (C=O) groups excluding carboxylic acids is 1. The topological polar surface area (TPSA) is 76.1 Å². The van der Waals surface area contributed by atoms with E-state index < -0.39 is 9.84 Å². The summed E-state index contributed by atoms with van der Waals surface area (Å²) in [5.41, 5.74) is 1.98. The summed E-state index contributed by atoms with van der Waals surface area (Å²) < 4.78 is 23.8. The Hall–Kier alpha value is -1.47. The number of amides is 1. The molecule has 0 bridgehead atoms. The summed E-state index contributed by atoms with van der Waals surface area (Å²) in [4.78, 5) is 16.4. The van der Waals surface area contributed by atoms with Gasteiger partial charge in [-0.05, 0) is 30.9 Å². The smallest absolute Gasteiger partial charge is 0.226 e. The summed E-state index contributed by atoms with van der Waals surface area (Å²) in [6.45, 7) is 1.98. The van der Waals surface area contributed by atoms with E-state index in [9.17, 15) is 13.2 Å². The lowest BCUT2D eigenvalue weighted by molar-refractivity contribution is -0.116. The minimum atomic E-state index is -2.93. The normalized spacial score (nSPS) is 20.7. The van der Waals surface area contributed by atoms with E-state index in [4.69, 9.17) is 0 Å². The fraction of sp³-hybridized carbons (Fsp3) is 0.429. The Labute approximate surface area is 127 Å². The fourth-order valence-electron chi connectivity index (χ4n) is 2.61. The van der Waals surface area contributed by atoms with E-state index in [0.29, 0.717) is 11.6 Å². The highest BCUT2D eigenvalue weighted by atomic mass is 32.2. The molecule has 7 heteroatoms. The number of fused-ring (bicyclic) bond motifs is 1. The number of nitrogens with one attached hydrogen (secondary N) is 1. The van der Waals surface area contributed by atoms with E-state index in [1.165, 1.54) is 11.3 Å². The first-order chi connectivity index (χ1) is 9.93. The Morgan fingerprint density at radius 1 is 1.48 bits per heavy atom. The number of nitrogens with zero attached hydrogens (tertiary/aromatic N) is 1. The Balaban J connectivity index is 1.68. The van der Waals surface area contributed by atoms with Crippen LogP contribution >= 0.6 is 11.3 Å². The summed E-state index contributed by atoms with van der Waals surface area (Å²) in [5.74, 6) is 0.102. The van der Waals surface area contributed by atoms with Gasteiger partial charge in [-0.1, -0.05) is 23.5 Å². The number of carbonyl (C=O) groups is 1. The van der Waals surface area contributed by atoms with Crippen LogP contribution in [-0.4, -0.2) is 30.8 Å². The van der Waals surface area contributed by atoms with Crippen molar-refractivity contribution in [2.24, 2.45) is 5.92 Å². The zero-order chi connectivity index (χ0) is 15.0. The van der Waals surface area contributed by atoms with Crippen LogP contribution in [0.1, 0.15) is 18.4 Å². The van der Waals surface area contributed by atoms with Crippen LogP contribution in [0.25, 0.3) is 10.2 Å². The second kappa shape index (κ2) is 5.38. The zero-order valence-electron chi connectivity index (χ0n) is 11.6. The first-order valence-electron chi connectivity index (χ1n) is 6.79. The van der Waals surface area contributed by atoms with Gasteiger partial charge in [0.2, 0.25) is 5.91 Å². The summed E-state index contributed by atoms with van der Waals surface area (Å²) in [7, 11) is -2.93. The molecule has 1 amide bonds. The van der Waals surface area contributed by atoms with Gasteiger partial charge in [0.15, 0.2) is 15.0 Å². The predicted molar refractivity (Wildman–Crippen MR) is 84.4 cm³/mol. The third kappa shape index (κ3) is 3.24. The van der Waals surface area contributed by atoms with Crippen molar-refractivity contribution in [3.05, 3.63) is 23.8 Å². The summed E-state index contributed by atoms with van der Waals surface area (Å²) in [6, 6.07) is 5.92. The van der Waals surface area contributed by atoms with Gasteiger partial charge in [0.1, 0.15) is 0 Å². The van der Waals surface area contributed by atoms with E-state index in [2.05, 4.69) is 10.3 Å². The molecule has 1 atom stereocenters. The molecule has 21 heavy (non-hydrogen) atoms. The first-order valence-corrected chi connectivity index (χ1v) is 9.43. The third-order valence-electron chi connectivity index (χ3n) is 3.67. The molecule has 0 aliphatic carbocycles. The number of aryl methyl sites for hydroxylation is 1. The number of thiazole rings is 1. The highest BCUT2D eigenvalue weighted by Gasteiger charge is 2.29. The molecule has 3 rings (SSSR count). The monoisotopic (exact) mass is 324 g/mol. The Morgan fingerprint density at radius 2 is 2.29 bits per heavy atom. The van der Waals surface area contributed by atoms with Gasteiger partial charge in [-0.25, -0.2) is 13.4 Å². The maximum Gasteiger partial charge on any atom is 0.226 e. The second-order valence-corrected chi connectivity index (χ2v) is 8.72. The van der Waals surface area contributed by atoms with Gasteiger partial charge >= 0.3 is 0 Å². The summed E-state index contributed by atoms with van der Waals surface area (Å²) in [5, 5.41) is 3.36. The van der Waals surface area contributed by atoms with E-state index in [0.717, 1.165) is 15.8 Å². The molecule has 1 aliphatic rings. The molecule has 1 fully saturated rings. The molecular formula is C14H16N2O3S2. The highest BCUT2D eigenvalue weighted by Crippen LogP contribution is 2.28. The number of benzene rings is 1. The maximum atomic E-state index is 12.0. The summed E-state index contributed by atoms with van der Waals surface area (Å²) >= 11 is 1.44. The highest BCUT2D eigenvalue weighted by molar-refractivity contribution is 7.91. The fourth-order valence-corrected chi connectivity index (χ4v) is 5.43. The minimum absolute atomic E-state index is 0.0638. The van der Waals surface area contributed by atoms with Gasteiger partial charge in [0.25, 0.3) is 0 Å². The van der Waals surface area contributed by atoms with Crippen LogP contribution in [-0.2, 0) is 14.6 Å². The SMILES string of the molecule is Cc1cccc2sc(NC(=O)CC3CCS(=O)(=O)C3)nc12. The number of anilines is 1. The molecule has 0 saturated carbocycles. The van der Waals surface area contributed by atoms with E-state index in [1.807, 2.05) is 25.1 Å². The van der Waals surface area contributed by atoms with Crippen LogP contribution < -0.4 is 5.32 Å². The average molecular weight is 324 g/mol. The van der Waals surface area contributed by atoms with Crippen LogP contribution in [0.3, 0.4) is 0 Å². The number of rotatable bonds is 3. The Morgan fingerprint density at radius 3 is 2.95 bits per heavy atom. The molecule has 5 nitrogen and oxygen atoms in total. The molecule has 1 aromatic carbocycles. The number of hydrogen-bond donors (Lipinski definition) is 1. The van der Waals surface area contributed by atoms with E-state index >= 15 is 0 Å². The molecule has 1 N–H and O–H groups in total. The van der Waals surface area contributed by atoms with Gasteiger partial charge in [-0.15, -0.1) is 0 Å². The van der Waals surface area contributed by atoms with Crippen LogP contribution in [0.4, 0.5) is 5.13 Å². The van der Waals surface area contributed by atoms with Crippen LogP contribution in [0, 0.1) is 12.8 Å². The molecule has 112 valence electrons. The molecule has 0 radical (unpaired) electrons.